The molecule has 0 aliphatic heterocycles. The van der Waals surface area contributed by atoms with Gasteiger partial charge in [0, 0.05) is 32.1 Å². The zero-order valence-corrected chi connectivity index (χ0v) is 17.4. The smallest absolute Gasteiger partial charge is 0.267 e. The lowest BCUT2D eigenvalue weighted by Crippen LogP contribution is -2.35. The second kappa shape index (κ2) is 8.53. The van der Waals surface area contributed by atoms with E-state index in [-0.39, 0.29) is 22.0 Å². The first-order valence-electron chi connectivity index (χ1n) is 9.97. The van der Waals surface area contributed by atoms with E-state index in [1.165, 1.54) is 10.5 Å². The van der Waals surface area contributed by atoms with Crippen LogP contribution < -0.4 is 16.4 Å². The number of nitrogens with zero attached hydrogens (tertiary/aromatic N) is 3. The Labute approximate surface area is 178 Å². The van der Waals surface area contributed by atoms with Crippen LogP contribution in [0.2, 0.25) is 0 Å². The first kappa shape index (κ1) is 20.5. The largest absolute Gasteiger partial charge is 0.385 e. The van der Waals surface area contributed by atoms with Crippen molar-refractivity contribution in [3.8, 4) is 5.69 Å². The summed E-state index contributed by atoms with van der Waals surface area (Å²) in [6, 6.07) is 14.3. The van der Waals surface area contributed by atoms with Crippen LogP contribution in [0.5, 0.6) is 0 Å². The molecule has 3 aromatic heterocycles. The summed E-state index contributed by atoms with van der Waals surface area (Å²) in [7, 11) is 1.60. The first-order valence-corrected chi connectivity index (χ1v) is 9.97. The van der Waals surface area contributed by atoms with Gasteiger partial charge in [0.1, 0.15) is 11.1 Å². The summed E-state index contributed by atoms with van der Waals surface area (Å²) >= 11 is 0. The second-order valence-electron chi connectivity index (χ2n) is 7.27. The number of aromatic nitrogens is 3. The van der Waals surface area contributed by atoms with Crippen molar-refractivity contribution < 1.29 is 9.53 Å². The number of hydrogen-bond acceptors (Lipinski definition) is 5. The van der Waals surface area contributed by atoms with Crippen LogP contribution in [-0.4, -0.2) is 40.1 Å². The molecule has 8 nitrogen and oxygen atoms in total. The maximum absolute atomic E-state index is 13.3. The number of benzene rings is 1. The number of amides is 1. The highest BCUT2D eigenvalue weighted by atomic mass is 16.5. The molecule has 4 rings (SSSR count). The lowest BCUT2D eigenvalue weighted by atomic mass is 10.1. The fourth-order valence-corrected chi connectivity index (χ4v) is 3.50. The zero-order valence-electron chi connectivity index (χ0n) is 17.4. The topological polar surface area (TPSA) is 101 Å². The van der Waals surface area contributed by atoms with E-state index in [1.54, 1.807) is 23.9 Å². The van der Waals surface area contributed by atoms with E-state index in [0.717, 1.165) is 5.56 Å². The van der Waals surface area contributed by atoms with Crippen molar-refractivity contribution in [2.24, 2.45) is 0 Å². The fourth-order valence-electron chi connectivity index (χ4n) is 3.50. The van der Waals surface area contributed by atoms with Gasteiger partial charge in [-0.05, 0) is 43.2 Å². The van der Waals surface area contributed by atoms with E-state index in [1.807, 2.05) is 43.3 Å². The van der Waals surface area contributed by atoms with Crippen molar-refractivity contribution in [2.45, 2.75) is 13.3 Å². The lowest BCUT2D eigenvalue weighted by Gasteiger charge is -2.15. The van der Waals surface area contributed by atoms with Crippen molar-refractivity contribution in [2.75, 3.05) is 20.3 Å². The standard InChI is InChI=1S/C23H23N5O3/c1-15-9-10-19-26-21-18(23(30)27(19)14-15)13-17(22(29)25-11-6-12-31-2)20(24)28(21)16-7-4-3-5-8-16/h3-5,7-10,13-14,24H,6,11-12H2,1-2H3,(H,25,29). The molecule has 2 N–H and O–H groups in total. The minimum Gasteiger partial charge on any atom is -0.385 e. The molecule has 0 fully saturated rings. The van der Waals surface area contributed by atoms with Crippen molar-refractivity contribution in [3.05, 3.63) is 81.7 Å². The van der Waals surface area contributed by atoms with E-state index in [4.69, 9.17) is 10.1 Å². The Morgan fingerprint density at radius 1 is 1.19 bits per heavy atom. The van der Waals surface area contributed by atoms with Crippen LogP contribution in [-0.2, 0) is 4.74 Å². The van der Waals surface area contributed by atoms with Gasteiger partial charge in [-0.25, -0.2) is 4.98 Å². The molecule has 0 saturated carbocycles. The molecule has 0 aliphatic rings. The summed E-state index contributed by atoms with van der Waals surface area (Å²) in [5, 5.41) is 11.8. The number of carbonyl (C=O) groups excluding carboxylic acids is 1. The van der Waals surface area contributed by atoms with Crippen molar-refractivity contribution in [3.63, 3.8) is 0 Å². The Morgan fingerprint density at radius 3 is 2.71 bits per heavy atom. The summed E-state index contributed by atoms with van der Waals surface area (Å²) < 4.78 is 8.02. The molecule has 1 amide bonds. The van der Waals surface area contributed by atoms with Gasteiger partial charge in [-0.2, -0.15) is 0 Å². The molecule has 0 atom stereocenters. The number of pyridine rings is 2. The average Bonchev–Trinajstić information content (AvgIpc) is 2.77. The van der Waals surface area contributed by atoms with Crippen LogP contribution in [0.1, 0.15) is 22.3 Å². The molecule has 0 spiro atoms. The second-order valence-corrected chi connectivity index (χ2v) is 7.27. The summed E-state index contributed by atoms with van der Waals surface area (Å²) in [6.07, 6.45) is 2.37. The number of para-hydroxylation sites is 1. The van der Waals surface area contributed by atoms with Gasteiger partial charge in [0.15, 0.2) is 5.65 Å². The van der Waals surface area contributed by atoms with Crippen molar-refractivity contribution in [1.29, 1.82) is 5.41 Å². The number of nitrogens with one attached hydrogen (secondary N) is 2. The summed E-state index contributed by atoms with van der Waals surface area (Å²) in [6.45, 7) is 2.82. The van der Waals surface area contributed by atoms with Gasteiger partial charge in [-0.1, -0.05) is 24.3 Å². The number of methoxy groups -OCH3 is 1. The highest BCUT2D eigenvalue weighted by Crippen LogP contribution is 2.15. The van der Waals surface area contributed by atoms with Crippen molar-refractivity contribution >= 4 is 22.6 Å². The van der Waals surface area contributed by atoms with Crippen molar-refractivity contribution in [1.82, 2.24) is 19.3 Å². The predicted molar refractivity (Wildman–Crippen MR) is 118 cm³/mol. The van der Waals surface area contributed by atoms with Crippen LogP contribution in [0.3, 0.4) is 0 Å². The number of rotatable bonds is 6. The summed E-state index contributed by atoms with van der Waals surface area (Å²) in [5.41, 5.74) is 2.16. The maximum atomic E-state index is 13.3. The molecular formula is C23H23N5O3. The number of hydrogen-bond donors (Lipinski definition) is 2. The van der Waals surface area contributed by atoms with Gasteiger partial charge in [-0.3, -0.25) is 24.0 Å². The molecule has 4 aromatic rings. The van der Waals surface area contributed by atoms with E-state index >= 15 is 0 Å². The van der Waals surface area contributed by atoms with Gasteiger partial charge in [0.25, 0.3) is 11.5 Å². The summed E-state index contributed by atoms with van der Waals surface area (Å²) in [5.74, 6) is -0.415. The molecule has 0 saturated heterocycles. The number of aryl methyl sites for hydroxylation is 1. The molecule has 0 radical (unpaired) electrons. The van der Waals surface area contributed by atoms with Crippen LogP contribution in [0.15, 0.2) is 59.5 Å². The molecule has 0 aliphatic carbocycles. The lowest BCUT2D eigenvalue weighted by molar-refractivity contribution is 0.0946. The van der Waals surface area contributed by atoms with Gasteiger partial charge in [0.05, 0.1) is 10.9 Å². The number of carbonyl (C=O) groups is 1. The number of ether oxygens (including phenoxy) is 1. The Balaban J connectivity index is 1.99. The Bertz CT molecular complexity index is 1390. The van der Waals surface area contributed by atoms with E-state index in [0.29, 0.717) is 36.6 Å². The molecule has 8 heteroatoms. The summed E-state index contributed by atoms with van der Waals surface area (Å²) in [4.78, 5) is 30.8. The minimum absolute atomic E-state index is 0.0358. The molecular weight excluding hydrogens is 394 g/mol. The monoisotopic (exact) mass is 417 g/mol. The van der Waals surface area contributed by atoms with Gasteiger partial charge >= 0.3 is 0 Å². The Hall–Kier alpha value is -3.78. The molecule has 0 bridgehead atoms. The van der Waals surface area contributed by atoms with Crippen LogP contribution in [0, 0.1) is 12.3 Å². The van der Waals surface area contributed by atoms with Gasteiger partial charge in [-0.15, -0.1) is 0 Å². The van der Waals surface area contributed by atoms with Crippen LogP contribution >= 0.6 is 0 Å². The molecule has 0 unspecified atom stereocenters. The average molecular weight is 417 g/mol. The normalized spacial score (nSPS) is 11.2. The highest BCUT2D eigenvalue weighted by molar-refractivity contribution is 5.97. The van der Waals surface area contributed by atoms with E-state index in [9.17, 15) is 9.59 Å². The van der Waals surface area contributed by atoms with Gasteiger partial charge < -0.3 is 10.1 Å². The predicted octanol–water partition coefficient (Wildman–Crippen LogP) is 2.19. The SMILES string of the molecule is COCCCNC(=O)c1cc2c(=O)n3cc(C)ccc3nc2n(-c2ccccc2)c1=N. The van der Waals surface area contributed by atoms with E-state index < -0.39 is 5.91 Å². The van der Waals surface area contributed by atoms with Gasteiger partial charge in [0.2, 0.25) is 0 Å². The Morgan fingerprint density at radius 2 is 1.97 bits per heavy atom. The van der Waals surface area contributed by atoms with Crippen LogP contribution in [0.25, 0.3) is 22.4 Å². The number of fused-ring (bicyclic) bond motifs is 2. The highest BCUT2D eigenvalue weighted by Gasteiger charge is 2.18. The third kappa shape index (κ3) is 3.85. The van der Waals surface area contributed by atoms with E-state index in [2.05, 4.69) is 10.3 Å². The van der Waals surface area contributed by atoms with Crippen LogP contribution in [0.4, 0.5) is 0 Å². The molecule has 1 aromatic carbocycles. The fraction of sp³-hybridized carbons (Fsp3) is 0.217. The zero-order chi connectivity index (χ0) is 22.0. The Kier molecular flexibility index (Phi) is 5.64. The molecule has 3 heterocycles. The molecule has 31 heavy (non-hydrogen) atoms. The quantitative estimate of drug-likeness (QED) is 0.371. The maximum Gasteiger partial charge on any atom is 0.267 e. The third-order valence-corrected chi connectivity index (χ3v) is 5.03. The minimum atomic E-state index is -0.415. The first-order chi connectivity index (χ1) is 15.0. The third-order valence-electron chi connectivity index (χ3n) is 5.03. The molecule has 158 valence electrons.